The van der Waals surface area contributed by atoms with Gasteiger partial charge in [0.15, 0.2) is 0 Å². The minimum atomic E-state index is 0.375. The Bertz CT molecular complexity index is 772. The van der Waals surface area contributed by atoms with Crippen LogP contribution in [0.5, 0.6) is 0 Å². The summed E-state index contributed by atoms with van der Waals surface area (Å²) in [6.45, 7) is 1.72. The fraction of sp³-hybridized carbons (Fsp3) is 0.316. The van der Waals surface area contributed by atoms with Gasteiger partial charge in [-0.2, -0.15) is 0 Å². The van der Waals surface area contributed by atoms with Crippen molar-refractivity contribution in [3.63, 3.8) is 0 Å². The highest BCUT2D eigenvalue weighted by atomic mass is 16.4. The molecule has 1 atom stereocenters. The van der Waals surface area contributed by atoms with Crippen molar-refractivity contribution in [3.8, 4) is 11.5 Å². The zero-order valence-electron chi connectivity index (χ0n) is 13.5. The van der Waals surface area contributed by atoms with Crippen molar-refractivity contribution in [2.24, 2.45) is 0 Å². The molecule has 3 aromatic rings. The Morgan fingerprint density at radius 2 is 1.96 bits per heavy atom. The van der Waals surface area contributed by atoms with Gasteiger partial charge in [-0.3, -0.25) is 9.88 Å². The number of aromatic nitrogens is 3. The summed E-state index contributed by atoms with van der Waals surface area (Å²) >= 11 is 0. The fourth-order valence-corrected chi connectivity index (χ4v) is 3.32. The van der Waals surface area contributed by atoms with Crippen LogP contribution >= 0.6 is 0 Å². The first-order valence-corrected chi connectivity index (χ1v) is 8.42. The lowest BCUT2D eigenvalue weighted by molar-refractivity contribution is 0.128. The van der Waals surface area contributed by atoms with Crippen molar-refractivity contribution < 1.29 is 4.42 Å². The van der Waals surface area contributed by atoms with Gasteiger partial charge in [0.25, 0.3) is 0 Å². The molecule has 1 aliphatic heterocycles. The summed E-state index contributed by atoms with van der Waals surface area (Å²) in [5, 5.41) is 8.43. The highest BCUT2D eigenvalue weighted by Gasteiger charge is 2.25. The second-order valence-electron chi connectivity index (χ2n) is 6.14. The van der Waals surface area contributed by atoms with Crippen LogP contribution in [-0.2, 0) is 6.54 Å². The molecule has 1 aromatic carbocycles. The van der Waals surface area contributed by atoms with Gasteiger partial charge >= 0.3 is 0 Å². The predicted octanol–water partition coefficient (Wildman–Crippen LogP) is 3.86. The Morgan fingerprint density at radius 3 is 2.79 bits per heavy atom. The lowest BCUT2D eigenvalue weighted by atomic mass is 9.96. The molecule has 0 radical (unpaired) electrons. The second kappa shape index (κ2) is 6.93. The van der Waals surface area contributed by atoms with Gasteiger partial charge in [0.1, 0.15) is 0 Å². The molecule has 1 saturated heterocycles. The van der Waals surface area contributed by atoms with Crippen LogP contribution in [0.1, 0.15) is 36.8 Å². The standard InChI is InChI=1S/C19H20N4O/c1-2-7-15(8-3-1)19-22-21-18(24-19)14-23-12-5-4-10-17(23)16-9-6-11-20-13-16/h1-3,6-9,11,13,17H,4-5,10,12,14H2/t17-/m0/s1. The molecule has 0 amide bonds. The maximum absolute atomic E-state index is 5.88. The average Bonchev–Trinajstić information content (AvgIpc) is 3.12. The average molecular weight is 320 g/mol. The molecular formula is C19H20N4O. The van der Waals surface area contributed by atoms with Gasteiger partial charge in [-0.1, -0.05) is 30.7 Å². The van der Waals surface area contributed by atoms with E-state index in [1.54, 1.807) is 0 Å². The summed E-state index contributed by atoms with van der Waals surface area (Å²) in [6, 6.07) is 14.4. The maximum atomic E-state index is 5.88. The molecule has 3 heterocycles. The van der Waals surface area contributed by atoms with E-state index in [1.165, 1.54) is 18.4 Å². The molecule has 122 valence electrons. The first-order valence-electron chi connectivity index (χ1n) is 8.42. The number of hydrogen-bond acceptors (Lipinski definition) is 5. The van der Waals surface area contributed by atoms with Gasteiger partial charge in [-0.05, 0) is 43.1 Å². The Morgan fingerprint density at radius 1 is 1.04 bits per heavy atom. The molecule has 0 unspecified atom stereocenters. The molecule has 1 fully saturated rings. The largest absolute Gasteiger partial charge is 0.419 e. The molecule has 1 aliphatic rings. The lowest BCUT2D eigenvalue weighted by Crippen LogP contribution is -2.33. The minimum Gasteiger partial charge on any atom is -0.419 e. The van der Waals surface area contributed by atoms with E-state index >= 15 is 0 Å². The molecule has 0 spiro atoms. The molecule has 0 saturated carbocycles. The molecule has 0 bridgehead atoms. The molecular weight excluding hydrogens is 300 g/mol. The second-order valence-corrected chi connectivity index (χ2v) is 6.14. The van der Waals surface area contributed by atoms with E-state index in [4.69, 9.17) is 4.42 Å². The number of pyridine rings is 1. The van der Waals surface area contributed by atoms with Gasteiger partial charge in [-0.15, -0.1) is 10.2 Å². The highest BCUT2D eigenvalue weighted by Crippen LogP contribution is 2.31. The van der Waals surface area contributed by atoms with E-state index in [0.717, 1.165) is 18.5 Å². The molecule has 0 aliphatic carbocycles. The van der Waals surface area contributed by atoms with Crippen LogP contribution in [-0.4, -0.2) is 26.6 Å². The number of rotatable bonds is 4. The van der Waals surface area contributed by atoms with E-state index in [1.807, 2.05) is 48.8 Å². The van der Waals surface area contributed by atoms with Crippen LogP contribution in [0.15, 0.2) is 59.3 Å². The highest BCUT2D eigenvalue weighted by molar-refractivity contribution is 5.51. The molecule has 5 heteroatoms. The SMILES string of the molecule is c1ccc(-c2nnc(CN3CCCC[C@H]3c3cccnc3)o2)cc1. The van der Waals surface area contributed by atoms with E-state index in [2.05, 4.69) is 26.1 Å². The van der Waals surface area contributed by atoms with Crippen molar-refractivity contribution in [2.45, 2.75) is 31.8 Å². The first kappa shape index (κ1) is 15.0. The number of likely N-dealkylation sites (tertiary alicyclic amines) is 1. The van der Waals surface area contributed by atoms with E-state index < -0.39 is 0 Å². The van der Waals surface area contributed by atoms with Crippen molar-refractivity contribution in [3.05, 3.63) is 66.3 Å². The topological polar surface area (TPSA) is 55.1 Å². The quantitative estimate of drug-likeness (QED) is 0.730. The van der Waals surface area contributed by atoms with E-state index in [-0.39, 0.29) is 0 Å². The Labute approximate surface area is 141 Å². The maximum Gasteiger partial charge on any atom is 0.247 e. The van der Waals surface area contributed by atoms with Gasteiger partial charge in [-0.25, -0.2) is 0 Å². The van der Waals surface area contributed by atoms with Gasteiger partial charge in [0.2, 0.25) is 11.8 Å². The first-order chi connectivity index (χ1) is 11.9. The van der Waals surface area contributed by atoms with Crippen molar-refractivity contribution in [2.75, 3.05) is 6.54 Å². The van der Waals surface area contributed by atoms with Crippen molar-refractivity contribution in [1.29, 1.82) is 0 Å². The number of piperidine rings is 1. The van der Waals surface area contributed by atoms with Crippen molar-refractivity contribution >= 4 is 0 Å². The zero-order valence-corrected chi connectivity index (χ0v) is 13.5. The zero-order chi connectivity index (χ0) is 16.2. The summed E-state index contributed by atoms with van der Waals surface area (Å²) in [5.74, 6) is 1.25. The normalized spacial score (nSPS) is 18.6. The molecule has 24 heavy (non-hydrogen) atoms. The fourth-order valence-electron chi connectivity index (χ4n) is 3.32. The molecule has 4 rings (SSSR count). The molecule has 0 N–H and O–H groups in total. The van der Waals surface area contributed by atoms with E-state index in [9.17, 15) is 0 Å². The summed E-state index contributed by atoms with van der Waals surface area (Å²) in [5.41, 5.74) is 2.22. The van der Waals surface area contributed by atoms with Crippen LogP contribution in [0.25, 0.3) is 11.5 Å². The number of nitrogens with zero attached hydrogens (tertiary/aromatic N) is 4. The third-order valence-electron chi connectivity index (χ3n) is 4.51. The van der Waals surface area contributed by atoms with Crippen molar-refractivity contribution in [1.82, 2.24) is 20.1 Å². The summed E-state index contributed by atoms with van der Waals surface area (Å²) < 4.78 is 5.88. The monoisotopic (exact) mass is 320 g/mol. The Kier molecular flexibility index (Phi) is 4.34. The number of hydrogen-bond donors (Lipinski definition) is 0. The number of benzene rings is 1. The van der Waals surface area contributed by atoms with E-state index in [0.29, 0.717) is 24.4 Å². The third kappa shape index (κ3) is 3.21. The van der Waals surface area contributed by atoms with Crippen LogP contribution < -0.4 is 0 Å². The van der Waals surface area contributed by atoms with Crippen LogP contribution in [0.2, 0.25) is 0 Å². The Hall–Kier alpha value is -2.53. The van der Waals surface area contributed by atoms with Gasteiger partial charge < -0.3 is 4.42 Å². The predicted molar refractivity (Wildman–Crippen MR) is 91.0 cm³/mol. The smallest absolute Gasteiger partial charge is 0.247 e. The molecule has 2 aromatic heterocycles. The summed E-state index contributed by atoms with van der Waals surface area (Å²) in [6.07, 6.45) is 7.38. The van der Waals surface area contributed by atoms with Crippen LogP contribution in [0, 0.1) is 0 Å². The molecule has 5 nitrogen and oxygen atoms in total. The summed E-state index contributed by atoms with van der Waals surface area (Å²) in [4.78, 5) is 6.69. The van der Waals surface area contributed by atoms with Crippen LogP contribution in [0.3, 0.4) is 0 Å². The lowest BCUT2D eigenvalue weighted by Gasteiger charge is -2.34. The van der Waals surface area contributed by atoms with Gasteiger partial charge in [0.05, 0.1) is 6.54 Å². The third-order valence-corrected chi connectivity index (χ3v) is 4.51. The Balaban J connectivity index is 1.52. The summed E-state index contributed by atoms with van der Waals surface area (Å²) in [7, 11) is 0. The van der Waals surface area contributed by atoms with Gasteiger partial charge in [0, 0.05) is 24.0 Å². The van der Waals surface area contributed by atoms with Crippen LogP contribution in [0.4, 0.5) is 0 Å². The minimum absolute atomic E-state index is 0.375.